The molecule has 5 nitrogen and oxygen atoms in total. The van der Waals surface area contributed by atoms with Gasteiger partial charge in [-0.25, -0.2) is 4.68 Å². The van der Waals surface area contributed by atoms with Crippen LogP contribution in [0.1, 0.15) is 40.9 Å². The lowest BCUT2D eigenvalue weighted by Gasteiger charge is -2.38. The Bertz CT molecular complexity index is 874. The molecule has 0 bridgehead atoms. The molecule has 1 spiro atoms. The van der Waals surface area contributed by atoms with Gasteiger partial charge >= 0.3 is 6.18 Å². The molecule has 1 aromatic heterocycles. The monoisotopic (exact) mass is 392 g/mol. The van der Waals surface area contributed by atoms with E-state index in [0.29, 0.717) is 18.8 Å². The number of nitrogens with one attached hydrogen (secondary N) is 1. The number of benzene rings is 1. The zero-order valence-corrected chi connectivity index (χ0v) is 15.7. The van der Waals surface area contributed by atoms with Crippen LogP contribution in [0.4, 0.5) is 13.2 Å². The van der Waals surface area contributed by atoms with Crippen molar-refractivity contribution in [3.8, 4) is 5.69 Å². The van der Waals surface area contributed by atoms with Gasteiger partial charge in [-0.05, 0) is 55.8 Å². The van der Waals surface area contributed by atoms with E-state index in [2.05, 4.69) is 10.4 Å². The Labute approximate surface area is 161 Å². The minimum atomic E-state index is -4.68. The number of rotatable bonds is 2. The Morgan fingerprint density at radius 3 is 2.57 bits per heavy atom. The van der Waals surface area contributed by atoms with E-state index >= 15 is 0 Å². The van der Waals surface area contributed by atoms with Gasteiger partial charge in [0.2, 0.25) is 0 Å². The predicted octanol–water partition coefficient (Wildman–Crippen LogP) is 3.42. The lowest BCUT2D eigenvalue weighted by Crippen LogP contribution is -2.44. The molecule has 0 aliphatic carbocycles. The number of piperidine rings is 1. The van der Waals surface area contributed by atoms with Gasteiger partial charge in [0.15, 0.2) is 5.69 Å². The number of halogens is 3. The van der Waals surface area contributed by atoms with Gasteiger partial charge in [0.05, 0.1) is 17.4 Å². The topological polar surface area (TPSA) is 50.2 Å². The summed E-state index contributed by atoms with van der Waals surface area (Å²) in [6.45, 7) is 4.65. The molecule has 0 radical (unpaired) electrons. The third kappa shape index (κ3) is 3.41. The fourth-order valence-corrected chi connectivity index (χ4v) is 4.31. The van der Waals surface area contributed by atoms with Crippen LogP contribution in [0.25, 0.3) is 5.69 Å². The van der Waals surface area contributed by atoms with Crippen molar-refractivity contribution < 1.29 is 18.0 Å². The molecule has 28 heavy (non-hydrogen) atoms. The number of hydrogen-bond acceptors (Lipinski definition) is 3. The van der Waals surface area contributed by atoms with E-state index in [1.165, 1.54) is 4.90 Å². The Hall–Kier alpha value is -2.35. The van der Waals surface area contributed by atoms with E-state index in [9.17, 15) is 18.0 Å². The average Bonchev–Trinajstić information content (AvgIpc) is 3.29. The van der Waals surface area contributed by atoms with Crippen LogP contribution < -0.4 is 5.32 Å². The first-order chi connectivity index (χ1) is 13.3. The summed E-state index contributed by atoms with van der Waals surface area (Å²) in [6.07, 6.45) is -0.932. The molecule has 2 aliphatic rings. The number of aromatic nitrogens is 2. The van der Waals surface area contributed by atoms with E-state index in [4.69, 9.17) is 0 Å². The van der Waals surface area contributed by atoms with Gasteiger partial charge in [-0.15, -0.1) is 0 Å². The summed E-state index contributed by atoms with van der Waals surface area (Å²) in [5.41, 5.74) is -0.0861. The van der Waals surface area contributed by atoms with Crippen molar-refractivity contribution in [3.05, 3.63) is 47.3 Å². The van der Waals surface area contributed by atoms with E-state index in [-0.39, 0.29) is 11.0 Å². The average molecular weight is 392 g/mol. The maximum Gasteiger partial charge on any atom is 0.434 e. The highest BCUT2D eigenvalue weighted by atomic mass is 19.4. The van der Waals surface area contributed by atoms with Crippen LogP contribution >= 0.6 is 0 Å². The minimum Gasteiger partial charge on any atom is -0.338 e. The van der Waals surface area contributed by atoms with E-state index in [0.717, 1.165) is 48.8 Å². The summed E-state index contributed by atoms with van der Waals surface area (Å²) in [7, 11) is 0. The van der Waals surface area contributed by atoms with E-state index < -0.39 is 17.8 Å². The fourth-order valence-electron chi connectivity index (χ4n) is 4.31. The van der Waals surface area contributed by atoms with Crippen LogP contribution in [0.5, 0.6) is 0 Å². The number of nitrogens with zero attached hydrogens (tertiary/aromatic N) is 3. The van der Waals surface area contributed by atoms with Crippen molar-refractivity contribution in [2.24, 2.45) is 5.41 Å². The summed E-state index contributed by atoms with van der Waals surface area (Å²) in [5.74, 6) is -0.591. The molecule has 4 rings (SSSR count). The van der Waals surface area contributed by atoms with Crippen LogP contribution in [0, 0.1) is 12.3 Å². The Morgan fingerprint density at radius 1 is 1.21 bits per heavy atom. The largest absolute Gasteiger partial charge is 0.434 e. The van der Waals surface area contributed by atoms with Gasteiger partial charge in [-0.3, -0.25) is 4.79 Å². The van der Waals surface area contributed by atoms with Gasteiger partial charge in [-0.1, -0.05) is 12.1 Å². The van der Waals surface area contributed by atoms with Crippen molar-refractivity contribution in [3.63, 3.8) is 0 Å². The fraction of sp³-hybridized carbons (Fsp3) is 0.500. The number of aryl methyl sites for hydroxylation is 1. The molecule has 2 aromatic rings. The quantitative estimate of drug-likeness (QED) is 0.852. The molecule has 2 aliphatic heterocycles. The van der Waals surface area contributed by atoms with Gasteiger partial charge in [0.25, 0.3) is 5.91 Å². The zero-order chi connectivity index (χ0) is 19.9. The number of carbonyl (C=O) groups excluding carboxylic acids is 1. The van der Waals surface area contributed by atoms with Gasteiger partial charge in [-0.2, -0.15) is 18.3 Å². The molecular weight excluding hydrogens is 369 g/mol. The van der Waals surface area contributed by atoms with Crippen LogP contribution in [-0.4, -0.2) is 46.8 Å². The molecule has 8 heteroatoms. The number of likely N-dealkylation sites (tertiary alicyclic amines) is 1. The van der Waals surface area contributed by atoms with Crippen molar-refractivity contribution in [1.29, 1.82) is 0 Å². The van der Waals surface area contributed by atoms with Crippen molar-refractivity contribution in [1.82, 2.24) is 20.0 Å². The molecule has 150 valence electrons. The molecule has 0 unspecified atom stereocenters. The normalized spacial score (nSPS) is 19.4. The standard InChI is InChI=1S/C20H23F3N4O/c1-14-3-2-4-15(11-14)27-17(20(21,22)23)16(12-25-27)18(28)26-9-6-19(7-10-26)5-8-24-13-19/h2-4,11-12,24H,5-10,13H2,1H3. The maximum atomic E-state index is 13.9. The highest BCUT2D eigenvalue weighted by molar-refractivity contribution is 5.95. The van der Waals surface area contributed by atoms with E-state index in [1.54, 1.807) is 31.2 Å². The first-order valence-corrected chi connectivity index (χ1v) is 9.51. The molecular formula is C20H23F3N4O. The molecule has 0 atom stereocenters. The predicted molar refractivity (Wildman–Crippen MR) is 98.4 cm³/mol. The molecule has 1 N–H and O–H groups in total. The molecule has 2 fully saturated rings. The lowest BCUT2D eigenvalue weighted by molar-refractivity contribution is -0.143. The Kier molecular flexibility index (Phi) is 4.69. The number of carbonyl (C=O) groups is 1. The summed E-state index contributed by atoms with van der Waals surface area (Å²) in [5, 5.41) is 7.27. The second kappa shape index (κ2) is 6.92. The molecule has 2 saturated heterocycles. The molecule has 1 amide bonds. The summed E-state index contributed by atoms with van der Waals surface area (Å²) < 4.78 is 42.4. The number of alkyl halides is 3. The van der Waals surface area contributed by atoms with E-state index in [1.807, 2.05) is 0 Å². The van der Waals surface area contributed by atoms with Crippen molar-refractivity contribution in [2.75, 3.05) is 26.2 Å². The third-order valence-corrected chi connectivity index (χ3v) is 5.96. The van der Waals surface area contributed by atoms with Crippen LogP contribution in [0.15, 0.2) is 30.5 Å². The number of hydrogen-bond donors (Lipinski definition) is 1. The first-order valence-electron chi connectivity index (χ1n) is 9.51. The lowest BCUT2D eigenvalue weighted by atomic mass is 9.78. The summed E-state index contributed by atoms with van der Waals surface area (Å²) in [6, 6.07) is 6.65. The van der Waals surface area contributed by atoms with Crippen molar-refractivity contribution >= 4 is 5.91 Å². The zero-order valence-electron chi connectivity index (χ0n) is 15.7. The first kappa shape index (κ1) is 19.0. The van der Waals surface area contributed by atoms with Gasteiger partial charge in [0.1, 0.15) is 0 Å². The van der Waals surface area contributed by atoms with Crippen molar-refractivity contribution in [2.45, 2.75) is 32.4 Å². The Morgan fingerprint density at radius 2 is 1.96 bits per heavy atom. The maximum absolute atomic E-state index is 13.9. The second-order valence-electron chi connectivity index (χ2n) is 7.87. The SMILES string of the molecule is Cc1cccc(-n2ncc(C(=O)N3CCC4(CCNC4)CC3)c2C(F)(F)F)c1. The van der Waals surface area contributed by atoms with Gasteiger partial charge < -0.3 is 10.2 Å². The van der Waals surface area contributed by atoms with Crippen LogP contribution in [0.3, 0.4) is 0 Å². The summed E-state index contributed by atoms with van der Waals surface area (Å²) in [4.78, 5) is 14.5. The minimum absolute atomic E-state index is 0.190. The smallest absolute Gasteiger partial charge is 0.338 e. The molecule has 1 aromatic carbocycles. The Balaban J connectivity index is 1.63. The third-order valence-electron chi connectivity index (χ3n) is 5.96. The van der Waals surface area contributed by atoms with Crippen LogP contribution in [0.2, 0.25) is 0 Å². The molecule has 3 heterocycles. The summed E-state index contributed by atoms with van der Waals surface area (Å²) >= 11 is 0. The number of amides is 1. The molecule has 0 saturated carbocycles. The second-order valence-corrected chi connectivity index (χ2v) is 7.87. The van der Waals surface area contributed by atoms with Gasteiger partial charge in [0, 0.05) is 19.6 Å². The van der Waals surface area contributed by atoms with Crippen LogP contribution in [-0.2, 0) is 6.18 Å². The highest BCUT2D eigenvalue weighted by Gasteiger charge is 2.43. The highest BCUT2D eigenvalue weighted by Crippen LogP contribution is 2.38.